The first-order chi connectivity index (χ1) is 19.9. The van der Waals surface area contributed by atoms with Crippen LogP contribution in [0.5, 0.6) is 5.75 Å². The third kappa shape index (κ3) is 7.17. The Morgan fingerprint density at radius 3 is 2.37 bits per heavy atom. The summed E-state index contributed by atoms with van der Waals surface area (Å²) in [5.41, 5.74) is 2.82. The molecule has 3 fully saturated rings. The number of hydrogen-bond acceptors (Lipinski definition) is 6. The van der Waals surface area contributed by atoms with E-state index in [9.17, 15) is 9.18 Å². The number of hydrogen-bond donors (Lipinski definition) is 2. The molecule has 3 aliphatic heterocycles. The van der Waals surface area contributed by atoms with Crippen LogP contribution in [-0.4, -0.2) is 63.0 Å². The Bertz CT molecular complexity index is 1310. The quantitative estimate of drug-likeness (QED) is 0.254. The number of piperidine rings is 1. The lowest BCUT2D eigenvalue weighted by molar-refractivity contribution is 0.0511. The molecule has 3 aromatic rings. The highest BCUT2D eigenvalue weighted by atomic mass is 35.5. The molecule has 218 valence electrons. The van der Waals surface area contributed by atoms with Crippen molar-refractivity contribution in [3.05, 3.63) is 88.7 Å². The fraction of sp³-hybridized carbons (Fsp3) is 0.406. The molecule has 3 heterocycles. The van der Waals surface area contributed by atoms with Crippen LogP contribution in [0.4, 0.5) is 10.1 Å². The molecule has 41 heavy (non-hydrogen) atoms. The molecule has 0 aliphatic carbocycles. The average Bonchev–Trinajstić information content (AvgIpc) is 3.25. The van der Waals surface area contributed by atoms with Gasteiger partial charge in [0.1, 0.15) is 11.6 Å². The Kier molecular flexibility index (Phi) is 10.1. The van der Waals surface area contributed by atoms with Crippen LogP contribution in [0.2, 0.25) is 5.02 Å². The predicted octanol–water partition coefficient (Wildman–Crippen LogP) is 6.40. The van der Waals surface area contributed by atoms with Crippen molar-refractivity contribution in [1.82, 2.24) is 10.2 Å². The zero-order valence-electron chi connectivity index (χ0n) is 23.3. The normalized spacial score (nSPS) is 20.4. The summed E-state index contributed by atoms with van der Waals surface area (Å²) in [4.78, 5) is 18.0. The van der Waals surface area contributed by atoms with Crippen LogP contribution in [0.15, 0.2) is 71.6 Å². The number of halogens is 2. The molecule has 1 N–H and O–H groups in total. The van der Waals surface area contributed by atoms with Gasteiger partial charge in [0.05, 0.1) is 16.3 Å². The number of amides is 1. The van der Waals surface area contributed by atoms with Gasteiger partial charge in [-0.15, -0.1) is 12.6 Å². The minimum Gasteiger partial charge on any atom is -0.465 e. The third-order valence-electron chi connectivity index (χ3n) is 8.09. The molecule has 3 aromatic carbocycles. The average molecular weight is 598 g/mol. The number of carbonyl (C=O) groups excluding carboxylic acids is 1. The highest BCUT2D eigenvalue weighted by Gasteiger charge is 2.42. The van der Waals surface area contributed by atoms with Crippen molar-refractivity contribution in [3.8, 4) is 5.75 Å². The number of methoxy groups -OCH3 is 1. The van der Waals surface area contributed by atoms with Gasteiger partial charge >= 0.3 is 0 Å². The van der Waals surface area contributed by atoms with Crippen LogP contribution in [0, 0.1) is 5.82 Å². The SMILES string of the molecule is COCOc1ccc(S)cc1N1C2CCC1CN(C(=O)c1ccc(F)cc1Cl)C2.c1ccc(C2CCNCC2)cc1. The molecular weight excluding hydrogens is 561 g/mol. The standard InChI is InChI=1S/C21H22ClFN2O3S.C11H15N/c1-27-12-28-20-7-5-16(29)9-19(20)25-14-3-4-15(25)11-24(10-14)21(26)17-6-2-13(23)8-18(17)22;1-2-4-10(5-3-1)11-6-8-12-9-7-11/h2,5-9,14-15,29H,3-4,10-12H2,1H3;1-5,11-12H,6-9H2. The maximum atomic E-state index is 13.3. The van der Waals surface area contributed by atoms with Gasteiger partial charge in [0.2, 0.25) is 0 Å². The smallest absolute Gasteiger partial charge is 0.255 e. The monoisotopic (exact) mass is 597 g/mol. The summed E-state index contributed by atoms with van der Waals surface area (Å²) in [7, 11) is 1.58. The van der Waals surface area contributed by atoms with Crippen molar-refractivity contribution in [2.45, 2.75) is 48.6 Å². The summed E-state index contributed by atoms with van der Waals surface area (Å²) in [5, 5.41) is 3.53. The molecule has 6 rings (SSSR count). The van der Waals surface area contributed by atoms with Gasteiger partial charge in [-0.2, -0.15) is 0 Å². The second-order valence-electron chi connectivity index (χ2n) is 10.8. The molecule has 0 saturated carbocycles. The minimum atomic E-state index is -0.452. The van der Waals surface area contributed by atoms with Crippen LogP contribution < -0.4 is 15.0 Å². The highest BCUT2D eigenvalue weighted by molar-refractivity contribution is 7.80. The maximum Gasteiger partial charge on any atom is 0.255 e. The van der Waals surface area contributed by atoms with E-state index in [4.69, 9.17) is 21.1 Å². The first-order valence-corrected chi connectivity index (χ1v) is 15.0. The molecule has 2 unspecified atom stereocenters. The Labute approximate surface area is 252 Å². The predicted molar refractivity (Wildman–Crippen MR) is 164 cm³/mol. The van der Waals surface area contributed by atoms with E-state index in [2.05, 4.69) is 53.2 Å². The largest absolute Gasteiger partial charge is 0.465 e. The number of nitrogens with zero attached hydrogens (tertiary/aromatic N) is 2. The lowest BCUT2D eigenvalue weighted by Crippen LogP contribution is -2.55. The number of rotatable bonds is 6. The Morgan fingerprint density at radius 2 is 1.71 bits per heavy atom. The summed E-state index contributed by atoms with van der Waals surface area (Å²) in [6.45, 7) is 3.67. The Balaban J connectivity index is 0.000000234. The molecule has 6 nitrogen and oxygen atoms in total. The molecule has 3 aliphatic rings. The van der Waals surface area contributed by atoms with Gasteiger partial charge in [0.15, 0.2) is 6.79 Å². The van der Waals surface area contributed by atoms with Crippen molar-refractivity contribution in [3.63, 3.8) is 0 Å². The number of nitrogens with one attached hydrogen (secondary N) is 1. The van der Waals surface area contributed by atoms with Crippen molar-refractivity contribution < 1.29 is 18.7 Å². The molecular formula is C32H37ClFN3O3S. The number of thiol groups is 1. The molecule has 0 spiro atoms. The van der Waals surface area contributed by atoms with E-state index in [0.717, 1.165) is 35.1 Å². The number of ether oxygens (including phenoxy) is 2. The summed E-state index contributed by atoms with van der Waals surface area (Å²) >= 11 is 10.6. The fourth-order valence-electron chi connectivity index (χ4n) is 6.13. The number of carbonyl (C=O) groups is 1. The van der Waals surface area contributed by atoms with Gasteiger partial charge in [-0.25, -0.2) is 4.39 Å². The van der Waals surface area contributed by atoms with E-state index in [1.54, 1.807) is 7.11 Å². The van der Waals surface area contributed by atoms with E-state index in [-0.39, 0.29) is 29.8 Å². The lowest BCUT2D eigenvalue weighted by atomic mass is 9.90. The first-order valence-electron chi connectivity index (χ1n) is 14.2. The summed E-state index contributed by atoms with van der Waals surface area (Å²) in [6, 6.07) is 20.9. The van der Waals surface area contributed by atoms with Crippen molar-refractivity contribution in [1.29, 1.82) is 0 Å². The van der Waals surface area contributed by atoms with Gasteiger partial charge in [0, 0.05) is 37.2 Å². The molecule has 2 bridgehead atoms. The summed E-state index contributed by atoms with van der Waals surface area (Å²) in [6.07, 6.45) is 4.55. The van der Waals surface area contributed by atoms with Crippen LogP contribution in [0.1, 0.15) is 47.5 Å². The van der Waals surface area contributed by atoms with Crippen LogP contribution in [-0.2, 0) is 4.74 Å². The maximum absolute atomic E-state index is 13.3. The number of benzene rings is 3. The molecule has 3 saturated heterocycles. The second-order valence-corrected chi connectivity index (χ2v) is 11.7. The van der Waals surface area contributed by atoms with Gasteiger partial charge in [-0.1, -0.05) is 41.9 Å². The van der Waals surface area contributed by atoms with Gasteiger partial charge in [-0.3, -0.25) is 4.79 Å². The van der Waals surface area contributed by atoms with Gasteiger partial charge < -0.3 is 24.6 Å². The molecule has 1 amide bonds. The summed E-state index contributed by atoms with van der Waals surface area (Å²) in [5.74, 6) is 0.923. The number of anilines is 1. The van der Waals surface area contributed by atoms with Gasteiger partial charge in [0.25, 0.3) is 5.91 Å². The number of fused-ring (bicyclic) bond motifs is 2. The van der Waals surface area contributed by atoms with Crippen LogP contribution in [0.3, 0.4) is 0 Å². The topological polar surface area (TPSA) is 54.0 Å². The zero-order valence-corrected chi connectivity index (χ0v) is 24.9. The summed E-state index contributed by atoms with van der Waals surface area (Å²) < 4.78 is 24.2. The van der Waals surface area contributed by atoms with Crippen molar-refractivity contribution in [2.24, 2.45) is 0 Å². The van der Waals surface area contributed by atoms with Crippen molar-refractivity contribution >= 4 is 35.8 Å². The van der Waals surface area contributed by atoms with E-state index in [0.29, 0.717) is 18.7 Å². The lowest BCUT2D eigenvalue weighted by Gasteiger charge is -2.43. The number of piperazine rings is 1. The molecule has 0 radical (unpaired) electrons. The van der Waals surface area contributed by atoms with E-state index in [1.807, 2.05) is 23.1 Å². The van der Waals surface area contributed by atoms with E-state index < -0.39 is 5.82 Å². The fourth-order valence-corrected chi connectivity index (χ4v) is 6.57. The van der Waals surface area contributed by atoms with E-state index >= 15 is 0 Å². The van der Waals surface area contributed by atoms with Crippen LogP contribution >= 0.6 is 24.2 Å². The Hall–Kier alpha value is -2.78. The Morgan fingerprint density at radius 1 is 1.00 bits per heavy atom. The number of likely N-dealkylation sites (tertiary alicyclic amines) is 1. The van der Waals surface area contributed by atoms with Gasteiger partial charge in [-0.05, 0) is 86.7 Å². The zero-order chi connectivity index (χ0) is 28.8. The minimum absolute atomic E-state index is 0.141. The molecule has 0 aromatic heterocycles. The first kappa shape index (κ1) is 29.7. The van der Waals surface area contributed by atoms with Crippen LogP contribution in [0.25, 0.3) is 0 Å². The van der Waals surface area contributed by atoms with E-state index in [1.165, 1.54) is 49.7 Å². The highest BCUT2D eigenvalue weighted by Crippen LogP contribution is 2.41. The molecule has 9 heteroatoms. The third-order valence-corrected chi connectivity index (χ3v) is 8.68. The van der Waals surface area contributed by atoms with Crippen molar-refractivity contribution in [2.75, 3.05) is 45.0 Å². The second kappa shape index (κ2) is 13.9. The molecule has 2 atom stereocenters.